The molecule has 3 heterocycles. The van der Waals surface area contributed by atoms with Crippen LogP contribution in [0.4, 0.5) is 17.1 Å². The lowest BCUT2D eigenvalue weighted by Crippen LogP contribution is -2.49. The predicted octanol–water partition coefficient (Wildman–Crippen LogP) is 2.74. The molecule has 0 saturated carbocycles. The van der Waals surface area contributed by atoms with Crippen LogP contribution in [-0.2, 0) is 26.4 Å². The van der Waals surface area contributed by atoms with Crippen LogP contribution in [0.2, 0.25) is 0 Å². The molecule has 0 aliphatic carbocycles. The van der Waals surface area contributed by atoms with E-state index in [1.54, 1.807) is 47.1 Å². The van der Waals surface area contributed by atoms with E-state index in [4.69, 9.17) is 4.74 Å². The number of carbonyl (C=O) groups is 3. The number of aliphatic hydroxyl groups excluding tert-OH is 2. The molecule has 5 rings (SSSR count). The minimum absolute atomic E-state index is 0.0664. The molecule has 11 nitrogen and oxygen atoms in total. The maximum absolute atomic E-state index is 14.0. The van der Waals surface area contributed by atoms with Crippen LogP contribution in [0.25, 0.3) is 0 Å². The number of rotatable bonds is 13. The van der Waals surface area contributed by atoms with Gasteiger partial charge in [0.05, 0.1) is 31.0 Å². The molecule has 0 bridgehead atoms. The summed E-state index contributed by atoms with van der Waals surface area (Å²) in [6.07, 6.45) is 6.90. The number of aliphatic hydroxyl groups is 3. The first-order chi connectivity index (χ1) is 21.7. The minimum atomic E-state index is -1.92. The summed E-state index contributed by atoms with van der Waals surface area (Å²) in [7, 11) is 0. The van der Waals surface area contributed by atoms with Gasteiger partial charge in [0, 0.05) is 42.4 Å². The number of ether oxygens (including phenoxy) is 1. The number of carbonyl (C=O) groups excluding carboxylic acids is 3. The molecule has 11 heteroatoms. The topological polar surface area (TPSA) is 152 Å². The lowest BCUT2D eigenvalue weighted by Gasteiger charge is -2.35. The van der Waals surface area contributed by atoms with E-state index in [2.05, 4.69) is 10.6 Å². The first-order valence-corrected chi connectivity index (χ1v) is 15.9. The van der Waals surface area contributed by atoms with Crippen LogP contribution in [0.1, 0.15) is 57.1 Å². The Hall–Kier alpha value is -3.77. The second-order valence-electron chi connectivity index (χ2n) is 12.0. The molecule has 242 valence electrons. The number of unbranched alkanes of at least 4 members (excludes halogenated alkanes) is 1. The highest BCUT2D eigenvalue weighted by Gasteiger charge is 2.49. The van der Waals surface area contributed by atoms with E-state index in [1.807, 2.05) is 25.1 Å². The van der Waals surface area contributed by atoms with Crippen molar-refractivity contribution in [3.63, 3.8) is 0 Å². The maximum atomic E-state index is 14.0. The smallest absolute Gasteiger partial charge is 0.261 e. The molecule has 0 spiro atoms. The van der Waals surface area contributed by atoms with E-state index < -0.39 is 23.5 Å². The quantitative estimate of drug-likeness (QED) is 0.169. The second kappa shape index (κ2) is 14.1. The number of hydrogen-bond acceptors (Lipinski definition) is 8. The van der Waals surface area contributed by atoms with Crippen molar-refractivity contribution in [2.75, 3.05) is 43.1 Å². The van der Waals surface area contributed by atoms with Crippen LogP contribution in [0.5, 0.6) is 5.75 Å². The van der Waals surface area contributed by atoms with E-state index in [0.717, 1.165) is 24.8 Å². The lowest BCUT2D eigenvalue weighted by atomic mass is 9.82. The molecule has 4 atom stereocenters. The van der Waals surface area contributed by atoms with Gasteiger partial charge in [-0.2, -0.15) is 0 Å². The third-order valence-corrected chi connectivity index (χ3v) is 9.07. The zero-order chi connectivity index (χ0) is 32.1. The summed E-state index contributed by atoms with van der Waals surface area (Å²) in [5.41, 5.74) is 1.03. The van der Waals surface area contributed by atoms with E-state index in [0.29, 0.717) is 60.9 Å². The average molecular weight is 621 g/mol. The van der Waals surface area contributed by atoms with Crippen molar-refractivity contribution < 1.29 is 34.4 Å². The Morgan fingerprint density at radius 1 is 1.20 bits per heavy atom. The monoisotopic (exact) mass is 620 g/mol. The zero-order valence-electron chi connectivity index (χ0n) is 26.0. The Labute approximate surface area is 263 Å². The Balaban J connectivity index is 1.42. The maximum Gasteiger partial charge on any atom is 0.261 e. The highest BCUT2D eigenvalue weighted by molar-refractivity contribution is 6.09. The van der Waals surface area contributed by atoms with Crippen LogP contribution >= 0.6 is 0 Å². The van der Waals surface area contributed by atoms with Gasteiger partial charge >= 0.3 is 0 Å². The number of nitrogens with zero attached hydrogens (tertiary/aromatic N) is 2. The summed E-state index contributed by atoms with van der Waals surface area (Å²) in [6.45, 7) is 5.34. The van der Waals surface area contributed by atoms with Crippen molar-refractivity contribution in [3.05, 3.63) is 59.7 Å². The molecule has 3 amide bonds. The average Bonchev–Trinajstić information content (AvgIpc) is 3.62. The van der Waals surface area contributed by atoms with Gasteiger partial charge in [0.1, 0.15) is 5.75 Å². The van der Waals surface area contributed by atoms with Gasteiger partial charge in [-0.3, -0.25) is 19.3 Å². The Kier molecular flexibility index (Phi) is 10.2. The summed E-state index contributed by atoms with van der Waals surface area (Å²) in [6, 6.07) is 10.1. The summed E-state index contributed by atoms with van der Waals surface area (Å²) >= 11 is 0. The molecule has 2 aromatic rings. The summed E-state index contributed by atoms with van der Waals surface area (Å²) in [5.74, 6) is -0.819. The fourth-order valence-corrected chi connectivity index (χ4v) is 6.59. The second-order valence-corrected chi connectivity index (χ2v) is 12.0. The Bertz CT molecular complexity index is 1450. The molecule has 0 radical (unpaired) electrons. The third-order valence-electron chi connectivity index (χ3n) is 9.07. The van der Waals surface area contributed by atoms with Crippen molar-refractivity contribution in [1.29, 1.82) is 0 Å². The molecular weight excluding hydrogens is 576 g/mol. The first kappa shape index (κ1) is 32.6. The number of benzene rings is 2. The Morgan fingerprint density at radius 3 is 2.78 bits per heavy atom. The van der Waals surface area contributed by atoms with Gasteiger partial charge in [-0.05, 0) is 87.5 Å². The van der Waals surface area contributed by atoms with Gasteiger partial charge < -0.3 is 35.6 Å². The van der Waals surface area contributed by atoms with Crippen LogP contribution in [0.15, 0.2) is 48.6 Å². The van der Waals surface area contributed by atoms with Gasteiger partial charge in [0.25, 0.3) is 5.91 Å². The molecule has 45 heavy (non-hydrogen) atoms. The first-order valence-electron chi connectivity index (χ1n) is 15.9. The van der Waals surface area contributed by atoms with Crippen LogP contribution < -0.4 is 20.3 Å². The fourth-order valence-electron chi connectivity index (χ4n) is 6.59. The number of fused-ring (bicyclic) bond motifs is 2. The largest absolute Gasteiger partial charge is 0.494 e. The summed E-state index contributed by atoms with van der Waals surface area (Å²) in [5, 5.41) is 36.7. The van der Waals surface area contributed by atoms with Gasteiger partial charge in [-0.15, -0.1) is 0 Å². The Morgan fingerprint density at radius 2 is 2.02 bits per heavy atom. The molecule has 3 aliphatic rings. The number of anilines is 3. The molecule has 1 saturated heterocycles. The fraction of sp³-hybridized carbons (Fsp3) is 0.500. The van der Waals surface area contributed by atoms with E-state index in [-0.39, 0.29) is 37.5 Å². The normalized spacial score (nSPS) is 23.3. The minimum Gasteiger partial charge on any atom is -0.494 e. The van der Waals surface area contributed by atoms with Crippen LogP contribution in [0, 0.1) is 5.92 Å². The molecule has 1 unspecified atom stereocenters. The van der Waals surface area contributed by atoms with Crippen molar-refractivity contribution in [2.45, 2.75) is 70.1 Å². The SMILES string of the molecule is CCOc1ccc2c(c1)CC(NCCCCO)C(=O)N2c1ccc2c(c1)[C@](O)([C@@H](C)/C=C/CC(=O)N1CCC[C@H]1CO)C(=O)N2. The van der Waals surface area contributed by atoms with Crippen molar-refractivity contribution in [1.82, 2.24) is 10.2 Å². The standard InChI is InChI=1S/C34H44N4O7/c1-3-45-26-12-14-30-23(18-26)19-29(35-15-4-5-17-39)32(42)38(30)24-11-13-28-27(20-24)34(44,33(43)36-28)22(2)8-6-10-31(41)37-16-7-9-25(37)21-40/h6,8,11-14,18,20,22,25,29,35,39-40,44H,3-5,7,9-10,15-17,19,21H2,1-2H3,(H,36,43)/b8-6+/t22-,25-,29?,34+/m0/s1. The molecule has 0 aromatic heterocycles. The van der Waals surface area contributed by atoms with E-state index >= 15 is 0 Å². The molecular formula is C34H44N4O7. The highest BCUT2D eigenvalue weighted by atomic mass is 16.5. The van der Waals surface area contributed by atoms with E-state index in [1.165, 1.54) is 0 Å². The summed E-state index contributed by atoms with van der Waals surface area (Å²) in [4.78, 5) is 43.3. The van der Waals surface area contributed by atoms with Crippen LogP contribution in [-0.4, -0.2) is 82.9 Å². The number of amides is 3. The molecule has 5 N–H and O–H groups in total. The van der Waals surface area contributed by atoms with Crippen LogP contribution in [0.3, 0.4) is 0 Å². The van der Waals surface area contributed by atoms with Crippen molar-refractivity contribution in [3.8, 4) is 5.75 Å². The highest BCUT2D eigenvalue weighted by Crippen LogP contribution is 2.45. The van der Waals surface area contributed by atoms with E-state index in [9.17, 15) is 29.7 Å². The molecule has 1 fully saturated rings. The summed E-state index contributed by atoms with van der Waals surface area (Å²) < 4.78 is 5.73. The predicted molar refractivity (Wildman–Crippen MR) is 170 cm³/mol. The zero-order valence-corrected chi connectivity index (χ0v) is 26.0. The van der Waals surface area contributed by atoms with Gasteiger partial charge in [0.15, 0.2) is 5.60 Å². The third kappa shape index (κ3) is 6.48. The number of nitrogens with one attached hydrogen (secondary N) is 2. The van der Waals surface area contributed by atoms with Gasteiger partial charge in [-0.1, -0.05) is 19.1 Å². The van der Waals surface area contributed by atoms with Crippen molar-refractivity contribution in [2.24, 2.45) is 5.92 Å². The lowest BCUT2D eigenvalue weighted by molar-refractivity contribution is -0.137. The molecule has 2 aromatic carbocycles. The van der Waals surface area contributed by atoms with Gasteiger partial charge in [-0.25, -0.2) is 0 Å². The number of likely N-dealkylation sites (tertiary alicyclic amines) is 1. The number of hydrogen-bond donors (Lipinski definition) is 5. The molecule has 3 aliphatic heterocycles. The van der Waals surface area contributed by atoms with Crippen molar-refractivity contribution >= 4 is 34.8 Å². The van der Waals surface area contributed by atoms with Gasteiger partial charge in [0.2, 0.25) is 11.8 Å².